The monoisotopic (exact) mass is 181 g/mol. The van der Waals surface area contributed by atoms with Crippen molar-refractivity contribution in [3.05, 3.63) is 0 Å². The molecule has 1 saturated carbocycles. The normalized spacial score (nSPS) is 17.9. The summed E-state index contributed by atoms with van der Waals surface area (Å²) in [6.07, 6.45) is 2.07. The number of hydrogen-bond donors (Lipinski definition) is 0. The maximum Gasteiger partial charge on any atom is 0.309 e. The van der Waals surface area contributed by atoms with Gasteiger partial charge in [0.25, 0.3) is 0 Å². The first-order valence-electron chi connectivity index (χ1n) is 4.29. The van der Waals surface area contributed by atoms with Gasteiger partial charge < -0.3 is 4.74 Å². The molecule has 1 fully saturated rings. The summed E-state index contributed by atoms with van der Waals surface area (Å²) in [5.41, 5.74) is 0. The SMILES string of the molecule is N#CCOC(=O)C1CCC(=O)CC1. The minimum atomic E-state index is -0.339. The summed E-state index contributed by atoms with van der Waals surface area (Å²) in [7, 11) is 0. The third-order valence-electron chi connectivity index (χ3n) is 2.16. The molecule has 0 amide bonds. The van der Waals surface area contributed by atoms with E-state index in [0.717, 1.165) is 0 Å². The van der Waals surface area contributed by atoms with E-state index >= 15 is 0 Å². The topological polar surface area (TPSA) is 67.2 Å². The van der Waals surface area contributed by atoms with Crippen LogP contribution in [0.2, 0.25) is 0 Å². The molecular weight excluding hydrogens is 170 g/mol. The van der Waals surface area contributed by atoms with Gasteiger partial charge in [0.1, 0.15) is 11.9 Å². The molecule has 0 atom stereocenters. The molecule has 0 heterocycles. The molecule has 0 aromatic rings. The van der Waals surface area contributed by atoms with E-state index in [1.54, 1.807) is 6.07 Å². The Morgan fingerprint density at radius 2 is 2.15 bits per heavy atom. The number of hydrogen-bond acceptors (Lipinski definition) is 4. The summed E-state index contributed by atoms with van der Waals surface area (Å²) in [5, 5.41) is 8.17. The molecule has 1 rings (SSSR count). The number of carbonyl (C=O) groups excluding carboxylic acids is 2. The largest absolute Gasteiger partial charge is 0.450 e. The summed E-state index contributed by atoms with van der Waals surface area (Å²) in [4.78, 5) is 22.0. The number of ketones is 1. The van der Waals surface area contributed by atoms with Crippen molar-refractivity contribution in [1.82, 2.24) is 0 Å². The number of rotatable bonds is 2. The number of carbonyl (C=O) groups is 2. The quantitative estimate of drug-likeness (QED) is 0.591. The molecule has 13 heavy (non-hydrogen) atoms. The Bertz CT molecular complexity index is 244. The van der Waals surface area contributed by atoms with Crippen LogP contribution in [0.15, 0.2) is 0 Å². The van der Waals surface area contributed by atoms with Crippen LogP contribution in [0.5, 0.6) is 0 Å². The Kier molecular flexibility index (Phi) is 3.44. The van der Waals surface area contributed by atoms with Gasteiger partial charge in [-0.1, -0.05) is 0 Å². The third-order valence-corrected chi connectivity index (χ3v) is 2.16. The van der Waals surface area contributed by atoms with Crippen molar-refractivity contribution in [1.29, 1.82) is 5.26 Å². The summed E-state index contributed by atoms with van der Waals surface area (Å²) in [6.45, 7) is -0.191. The third kappa shape index (κ3) is 2.86. The van der Waals surface area contributed by atoms with Crippen LogP contribution < -0.4 is 0 Å². The zero-order valence-electron chi connectivity index (χ0n) is 7.28. The fraction of sp³-hybridized carbons (Fsp3) is 0.667. The predicted octanol–water partition coefficient (Wildman–Crippen LogP) is 0.812. The number of nitriles is 1. The van der Waals surface area contributed by atoms with Gasteiger partial charge in [0.15, 0.2) is 6.61 Å². The van der Waals surface area contributed by atoms with E-state index in [1.165, 1.54) is 0 Å². The fourth-order valence-corrected chi connectivity index (χ4v) is 1.40. The molecule has 0 unspecified atom stereocenters. The van der Waals surface area contributed by atoms with Crippen molar-refractivity contribution in [2.24, 2.45) is 5.92 Å². The van der Waals surface area contributed by atoms with Crippen molar-refractivity contribution in [2.45, 2.75) is 25.7 Å². The average molecular weight is 181 g/mol. The molecule has 0 bridgehead atoms. The van der Waals surface area contributed by atoms with Gasteiger partial charge in [-0.2, -0.15) is 5.26 Å². The van der Waals surface area contributed by atoms with Gasteiger partial charge in [-0.3, -0.25) is 9.59 Å². The van der Waals surface area contributed by atoms with Crippen LogP contribution in [0.25, 0.3) is 0 Å². The first-order chi connectivity index (χ1) is 6.24. The molecule has 4 heteroatoms. The number of esters is 1. The molecule has 1 aliphatic rings. The predicted molar refractivity (Wildman–Crippen MR) is 43.5 cm³/mol. The fourth-order valence-electron chi connectivity index (χ4n) is 1.40. The highest BCUT2D eigenvalue weighted by atomic mass is 16.5. The van der Waals surface area contributed by atoms with E-state index in [2.05, 4.69) is 4.74 Å². The molecule has 4 nitrogen and oxygen atoms in total. The van der Waals surface area contributed by atoms with Crippen LogP contribution in [0.3, 0.4) is 0 Å². The molecule has 0 aromatic carbocycles. The molecule has 0 aliphatic heterocycles. The van der Waals surface area contributed by atoms with Gasteiger partial charge in [0.2, 0.25) is 0 Å². The Balaban J connectivity index is 2.32. The van der Waals surface area contributed by atoms with Crippen LogP contribution in [0, 0.1) is 17.2 Å². The van der Waals surface area contributed by atoms with Gasteiger partial charge >= 0.3 is 5.97 Å². The van der Waals surface area contributed by atoms with E-state index in [9.17, 15) is 9.59 Å². The average Bonchev–Trinajstić information content (AvgIpc) is 2.15. The molecule has 0 spiro atoms. The van der Waals surface area contributed by atoms with Crippen LogP contribution in [-0.4, -0.2) is 18.4 Å². The zero-order chi connectivity index (χ0) is 9.68. The van der Waals surface area contributed by atoms with E-state index < -0.39 is 0 Å². The van der Waals surface area contributed by atoms with Crippen LogP contribution in [0.4, 0.5) is 0 Å². The number of ether oxygens (including phenoxy) is 1. The minimum Gasteiger partial charge on any atom is -0.450 e. The van der Waals surface area contributed by atoms with Crippen LogP contribution >= 0.6 is 0 Å². The van der Waals surface area contributed by atoms with Gasteiger partial charge in [-0.15, -0.1) is 0 Å². The number of nitrogens with zero attached hydrogens (tertiary/aromatic N) is 1. The minimum absolute atomic E-state index is 0.175. The second kappa shape index (κ2) is 4.61. The van der Waals surface area contributed by atoms with Gasteiger partial charge in [0, 0.05) is 12.8 Å². The van der Waals surface area contributed by atoms with E-state index in [0.29, 0.717) is 25.7 Å². The molecule has 70 valence electrons. The molecule has 0 N–H and O–H groups in total. The van der Waals surface area contributed by atoms with E-state index in [1.807, 2.05) is 0 Å². The first kappa shape index (κ1) is 9.72. The number of Topliss-reactive ketones (excluding diaryl/α,β-unsaturated/α-hetero) is 1. The van der Waals surface area contributed by atoms with Crippen molar-refractivity contribution < 1.29 is 14.3 Å². The highest BCUT2D eigenvalue weighted by Gasteiger charge is 2.25. The highest BCUT2D eigenvalue weighted by molar-refractivity contribution is 5.82. The van der Waals surface area contributed by atoms with E-state index in [-0.39, 0.29) is 24.3 Å². The molecule has 0 radical (unpaired) electrons. The second-order valence-electron chi connectivity index (χ2n) is 3.08. The van der Waals surface area contributed by atoms with E-state index in [4.69, 9.17) is 5.26 Å². The summed E-state index contributed by atoms with van der Waals surface area (Å²) in [6, 6.07) is 1.74. The lowest BCUT2D eigenvalue weighted by Gasteiger charge is -2.18. The molecule has 1 aliphatic carbocycles. The lowest BCUT2D eigenvalue weighted by molar-refractivity contribution is -0.148. The molecular formula is C9H11NO3. The molecule has 0 saturated heterocycles. The molecule has 0 aromatic heterocycles. The smallest absolute Gasteiger partial charge is 0.309 e. The summed E-state index contributed by atoms with van der Waals surface area (Å²) < 4.78 is 4.65. The zero-order valence-corrected chi connectivity index (χ0v) is 7.28. The Labute approximate surface area is 76.5 Å². The van der Waals surface area contributed by atoms with Gasteiger partial charge in [0.05, 0.1) is 5.92 Å². The second-order valence-corrected chi connectivity index (χ2v) is 3.08. The highest BCUT2D eigenvalue weighted by Crippen LogP contribution is 2.22. The Hall–Kier alpha value is -1.37. The van der Waals surface area contributed by atoms with Crippen molar-refractivity contribution in [3.8, 4) is 6.07 Å². The maximum atomic E-state index is 11.2. The summed E-state index contributed by atoms with van der Waals surface area (Å²) >= 11 is 0. The van der Waals surface area contributed by atoms with Crippen LogP contribution in [-0.2, 0) is 14.3 Å². The lowest BCUT2D eigenvalue weighted by Crippen LogP contribution is -2.23. The summed E-state index contributed by atoms with van der Waals surface area (Å²) in [5.74, 6) is -0.301. The van der Waals surface area contributed by atoms with Gasteiger partial charge in [-0.25, -0.2) is 0 Å². The Morgan fingerprint density at radius 3 is 2.69 bits per heavy atom. The van der Waals surface area contributed by atoms with Gasteiger partial charge in [-0.05, 0) is 12.8 Å². The standard InChI is InChI=1S/C9H11NO3/c10-5-6-13-9(12)7-1-3-8(11)4-2-7/h7H,1-4,6H2. The van der Waals surface area contributed by atoms with Crippen molar-refractivity contribution >= 4 is 11.8 Å². The lowest BCUT2D eigenvalue weighted by atomic mass is 9.88. The van der Waals surface area contributed by atoms with Crippen molar-refractivity contribution in [3.63, 3.8) is 0 Å². The van der Waals surface area contributed by atoms with Crippen LogP contribution in [0.1, 0.15) is 25.7 Å². The van der Waals surface area contributed by atoms with Crippen molar-refractivity contribution in [2.75, 3.05) is 6.61 Å². The first-order valence-corrected chi connectivity index (χ1v) is 4.29. The Morgan fingerprint density at radius 1 is 1.54 bits per heavy atom. The maximum absolute atomic E-state index is 11.2.